The summed E-state index contributed by atoms with van der Waals surface area (Å²) in [6, 6.07) is 51.1. The maximum absolute atomic E-state index is 5.12. The van der Waals surface area contributed by atoms with Crippen LogP contribution in [0.3, 0.4) is 0 Å². The molecule has 0 saturated heterocycles. The van der Waals surface area contributed by atoms with E-state index in [0.717, 1.165) is 77.2 Å². The molecule has 7 nitrogen and oxygen atoms in total. The van der Waals surface area contributed by atoms with Gasteiger partial charge in [0, 0.05) is 55.4 Å². The molecule has 0 aliphatic carbocycles. The second-order valence-corrected chi connectivity index (χ2v) is 12.9. The van der Waals surface area contributed by atoms with Crippen LogP contribution in [0, 0.1) is 0 Å². The van der Waals surface area contributed by atoms with Crippen LogP contribution in [-0.2, 0) is 0 Å². The van der Waals surface area contributed by atoms with Crippen LogP contribution in [0.5, 0.6) is 0 Å². The highest BCUT2D eigenvalue weighted by Gasteiger charge is 2.18. The van der Waals surface area contributed by atoms with Crippen molar-refractivity contribution in [2.75, 3.05) is 0 Å². The van der Waals surface area contributed by atoms with E-state index in [1.54, 1.807) is 6.33 Å². The Morgan fingerprint density at radius 3 is 2.08 bits per heavy atom. The summed E-state index contributed by atoms with van der Waals surface area (Å²) in [7, 11) is 0. The Morgan fingerprint density at radius 2 is 1.14 bits per heavy atom. The van der Waals surface area contributed by atoms with Crippen LogP contribution < -0.4 is 0 Å². The molecule has 0 unspecified atom stereocenters. The van der Waals surface area contributed by atoms with Crippen LogP contribution >= 0.6 is 0 Å². The number of hydrogen-bond donors (Lipinski definition) is 1. The highest BCUT2D eigenvalue weighted by molar-refractivity contribution is 6.12. The van der Waals surface area contributed by atoms with Crippen molar-refractivity contribution < 1.29 is 0 Å². The van der Waals surface area contributed by atoms with E-state index in [4.69, 9.17) is 15.0 Å². The van der Waals surface area contributed by atoms with Crippen molar-refractivity contribution >= 4 is 65.5 Å². The molecule has 0 bridgehead atoms. The van der Waals surface area contributed by atoms with Crippen molar-refractivity contribution in [1.29, 1.82) is 0 Å². The number of aromatic amines is 1. The SMILES string of the molecule is c1ccc(-n2c3ccc(-c4ncnc(-n5c6ccccc6c6ccc(-c7ccc8[nH]c9ccccc9c8c7)cc65)n4)cc3c3ncccc32)cc1. The summed E-state index contributed by atoms with van der Waals surface area (Å²) >= 11 is 0. The zero-order chi connectivity index (χ0) is 33.5. The lowest BCUT2D eigenvalue weighted by molar-refractivity contribution is 0.947. The summed E-state index contributed by atoms with van der Waals surface area (Å²) in [5.74, 6) is 1.17. The molecule has 11 rings (SSSR count). The molecular weight excluding hydrogens is 627 g/mol. The van der Waals surface area contributed by atoms with Gasteiger partial charge in [-0.2, -0.15) is 4.98 Å². The van der Waals surface area contributed by atoms with E-state index in [9.17, 15) is 0 Å². The van der Waals surface area contributed by atoms with Crippen molar-refractivity contribution in [1.82, 2.24) is 34.1 Å². The minimum atomic E-state index is 0.570. The van der Waals surface area contributed by atoms with E-state index >= 15 is 0 Å². The molecule has 0 amide bonds. The van der Waals surface area contributed by atoms with Crippen molar-refractivity contribution in [2.45, 2.75) is 0 Å². The van der Waals surface area contributed by atoms with Crippen LogP contribution in [0.1, 0.15) is 0 Å². The van der Waals surface area contributed by atoms with Gasteiger partial charge < -0.3 is 9.55 Å². The third-order valence-corrected chi connectivity index (χ3v) is 10.1. The summed E-state index contributed by atoms with van der Waals surface area (Å²) in [5, 5.41) is 5.77. The fourth-order valence-electron chi connectivity index (χ4n) is 7.76. The summed E-state index contributed by atoms with van der Waals surface area (Å²) in [5.41, 5.74) is 11.7. The zero-order valence-corrected chi connectivity index (χ0v) is 27.2. The standard InChI is InChI=1S/C44H27N7/c1-2-9-30(10-3-1)50-39-21-18-29(24-35(39)42-40(50)15-8-22-45-42)43-46-26-47-44(49-43)51-38-14-7-5-12-32(38)33-19-16-28(25-41(33)51)27-17-20-37-34(23-27)31-11-4-6-13-36(31)48-37/h1-26,48H. The molecule has 0 radical (unpaired) electrons. The van der Waals surface area contributed by atoms with Gasteiger partial charge >= 0.3 is 0 Å². The summed E-state index contributed by atoms with van der Waals surface area (Å²) in [4.78, 5) is 22.9. The Labute approximate surface area is 291 Å². The Hall–Kier alpha value is -7.12. The van der Waals surface area contributed by atoms with Crippen LogP contribution in [0.4, 0.5) is 0 Å². The van der Waals surface area contributed by atoms with E-state index in [1.165, 1.54) is 10.8 Å². The van der Waals surface area contributed by atoms with E-state index in [-0.39, 0.29) is 0 Å². The molecule has 0 aliphatic heterocycles. The second-order valence-electron chi connectivity index (χ2n) is 12.9. The monoisotopic (exact) mass is 653 g/mol. The lowest BCUT2D eigenvalue weighted by Crippen LogP contribution is -2.03. The lowest BCUT2D eigenvalue weighted by atomic mass is 10.0. The Morgan fingerprint density at radius 1 is 0.431 bits per heavy atom. The van der Waals surface area contributed by atoms with Crippen molar-refractivity contribution in [3.8, 4) is 34.2 Å². The largest absolute Gasteiger partial charge is 0.355 e. The van der Waals surface area contributed by atoms with Crippen LogP contribution in [-0.4, -0.2) is 34.1 Å². The number of nitrogens with one attached hydrogen (secondary N) is 1. The second kappa shape index (κ2) is 10.7. The molecule has 0 fully saturated rings. The first kappa shape index (κ1) is 27.8. The molecule has 11 aromatic rings. The van der Waals surface area contributed by atoms with Gasteiger partial charge in [0.15, 0.2) is 5.82 Å². The molecule has 1 N–H and O–H groups in total. The molecule has 0 atom stereocenters. The summed E-state index contributed by atoms with van der Waals surface area (Å²) < 4.78 is 4.41. The molecular formula is C44H27N7. The smallest absolute Gasteiger partial charge is 0.238 e. The fraction of sp³-hybridized carbons (Fsp3) is 0. The number of rotatable bonds is 4. The fourth-order valence-corrected chi connectivity index (χ4v) is 7.76. The Balaban J connectivity index is 1.08. The first-order valence-corrected chi connectivity index (χ1v) is 17.0. The van der Waals surface area contributed by atoms with Gasteiger partial charge in [-0.05, 0) is 83.9 Å². The first-order chi connectivity index (χ1) is 25.3. The Bertz CT molecular complexity index is 3150. The molecule has 7 heteroatoms. The van der Waals surface area contributed by atoms with Gasteiger partial charge in [-0.3, -0.25) is 9.55 Å². The van der Waals surface area contributed by atoms with Gasteiger partial charge in [0.25, 0.3) is 0 Å². The van der Waals surface area contributed by atoms with Gasteiger partial charge in [-0.1, -0.05) is 72.8 Å². The first-order valence-electron chi connectivity index (χ1n) is 17.0. The van der Waals surface area contributed by atoms with Crippen molar-refractivity contribution in [3.05, 3.63) is 158 Å². The minimum Gasteiger partial charge on any atom is -0.355 e. The molecule has 0 spiro atoms. The van der Waals surface area contributed by atoms with Gasteiger partial charge in [0.2, 0.25) is 5.95 Å². The van der Waals surface area contributed by atoms with E-state index in [1.807, 2.05) is 18.3 Å². The maximum atomic E-state index is 5.12. The normalized spacial score (nSPS) is 11.9. The average Bonchev–Trinajstić information content (AvgIpc) is 3.85. The van der Waals surface area contributed by atoms with Gasteiger partial charge in [0.1, 0.15) is 6.33 Å². The molecule has 0 saturated carbocycles. The average molecular weight is 654 g/mol. The minimum absolute atomic E-state index is 0.570. The Kier molecular flexibility index (Phi) is 5.83. The predicted octanol–water partition coefficient (Wildman–Crippen LogP) is 10.4. The van der Waals surface area contributed by atoms with Gasteiger partial charge in [-0.25, -0.2) is 9.97 Å². The van der Waals surface area contributed by atoms with Gasteiger partial charge in [-0.15, -0.1) is 0 Å². The lowest BCUT2D eigenvalue weighted by Gasteiger charge is -2.09. The third kappa shape index (κ3) is 4.18. The van der Waals surface area contributed by atoms with Crippen LogP contribution in [0.15, 0.2) is 158 Å². The van der Waals surface area contributed by atoms with E-state index in [2.05, 4.69) is 153 Å². The zero-order valence-electron chi connectivity index (χ0n) is 27.2. The summed E-state index contributed by atoms with van der Waals surface area (Å²) in [6.07, 6.45) is 3.46. The number of para-hydroxylation sites is 3. The van der Waals surface area contributed by atoms with Crippen LogP contribution in [0.25, 0.3) is 99.7 Å². The third-order valence-electron chi connectivity index (χ3n) is 10.1. The molecule has 51 heavy (non-hydrogen) atoms. The van der Waals surface area contributed by atoms with Crippen LogP contribution in [0.2, 0.25) is 0 Å². The van der Waals surface area contributed by atoms with Crippen molar-refractivity contribution in [3.63, 3.8) is 0 Å². The van der Waals surface area contributed by atoms with E-state index in [0.29, 0.717) is 11.8 Å². The number of fused-ring (bicyclic) bond motifs is 9. The molecule has 6 aromatic carbocycles. The molecule has 0 aliphatic rings. The molecule has 5 heterocycles. The topological polar surface area (TPSA) is 77.2 Å². The number of pyridine rings is 1. The van der Waals surface area contributed by atoms with E-state index < -0.39 is 0 Å². The predicted molar refractivity (Wildman–Crippen MR) is 207 cm³/mol. The number of hydrogen-bond acceptors (Lipinski definition) is 4. The van der Waals surface area contributed by atoms with Gasteiger partial charge in [0.05, 0.1) is 27.6 Å². The number of aromatic nitrogens is 7. The summed E-state index contributed by atoms with van der Waals surface area (Å²) in [6.45, 7) is 0. The quantitative estimate of drug-likeness (QED) is 0.205. The highest BCUT2D eigenvalue weighted by atomic mass is 15.2. The molecule has 238 valence electrons. The van der Waals surface area contributed by atoms with Crippen molar-refractivity contribution in [2.24, 2.45) is 0 Å². The highest BCUT2D eigenvalue weighted by Crippen LogP contribution is 2.37. The molecule has 5 aromatic heterocycles. The number of benzene rings is 6. The number of H-pyrrole nitrogens is 1. The number of nitrogens with zero attached hydrogens (tertiary/aromatic N) is 6. The maximum Gasteiger partial charge on any atom is 0.238 e.